The SMILES string of the molecule is CC(C)CCN1C(=O)C(C2=NP(=O)(O)c3cc(NS(C)(=O)=O)ccc3N2)=C(O)C1C(C)(C)C. The number of nitrogens with one attached hydrogen (secondary N) is 2. The van der Waals surface area contributed by atoms with Gasteiger partial charge in [0.1, 0.15) is 11.3 Å². The minimum absolute atomic E-state index is 0.102. The number of aliphatic hydroxyl groups excluding tert-OH is 1. The summed E-state index contributed by atoms with van der Waals surface area (Å²) in [5, 5.41) is 13.9. The standard InChI is InChI=1S/C21H31N4O6PS/c1-12(2)9-10-25-18(21(3,4)5)17(26)16(20(25)27)19-22-14-8-7-13(24-33(6,30)31)11-15(14)32(28,29)23-19/h7-8,11-12,18,24,26H,9-10H2,1-6H3,(H2,22,23,28,29). The molecule has 0 aromatic heterocycles. The molecule has 0 fully saturated rings. The Morgan fingerprint density at radius 1 is 1.30 bits per heavy atom. The lowest BCUT2D eigenvalue weighted by Gasteiger charge is -2.35. The van der Waals surface area contributed by atoms with Crippen LogP contribution < -0.4 is 15.3 Å². The second-order valence-corrected chi connectivity index (χ2v) is 13.5. The Balaban J connectivity index is 2.04. The quantitative estimate of drug-likeness (QED) is 0.441. The van der Waals surface area contributed by atoms with Gasteiger partial charge in [-0.15, -0.1) is 0 Å². The number of rotatable bonds is 6. The van der Waals surface area contributed by atoms with Crippen molar-refractivity contribution in [2.24, 2.45) is 16.1 Å². The second-order valence-electron chi connectivity index (χ2n) is 9.93. The molecule has 1 aromatic carbocycles. The van der Waals surface area contributed by atoms with Crippen LogP contribution in [0.2, 0.25) is 0 Å². The maximum Gasteiger partial charge on any atom is 0.346 e. The van der Waals surface area contributed by atoms with Crippen LogP contribution in [-0.4, -0.2) is 53.9 Å². The van der Waals surface area contributed by atoms with Gasteiger partial charge >= 0.3 is 7.52 Å². The van der Waals surface area contributed by atoms with Crippen molar-refractivity contribution >= 4 is 46.0 Å². The van der Waals surface area contributed by atoms with Gasteiger partial charge in [0, 0.05) is 12.2 Å². The topological polar surface area (TPSA) is 148 Å². The molecule has 0 spiro atoms. The number of carbonyl (C=O) groups excluding carboxylic acids is 1. The molecule has 0 aliphatic carbocycles. The van der Waals surface area contributed by atoms with Crippen molar-refractivity contribution in [2.45, 2.75) is 47.1 Å². The third-order valence-electron chi connectivity index (χ3n) is 5.41. The van der Waals surface area contributed by atoms with Gasteiger partial charge in [-0.05, 0) is 36.0 Å². The Bertz CT molecular complexity index is 1200. The number of hydrogen-bond acceptors (Lipinski definition) is 6. The summed E-state index contributed by atoms with van der Waals surface area (Å²) in [4.78, 5) is 25.6. The van der Waals surface area contributed by atoms with Crippen LogP contribution in [0.15, 0.2) is 34.3 Å². The van der Waals surface area contributed by atoms with Crippen molar-refractivity contribution < 1.29 is 27.8 Å². The van der Waals surface area contributed by atoms with Crippen LogP contribution in [0.25, 0.3) is 0 Å². The van der Waals surface area contributed by atoms with Crippen LogP contribution in [0.4, 0.5) is 11.4 Å². The average Bonchev–Trinajstić information content (AvgIpc) is 2.88. The van der Waals surface area contributed by atoms with Gasteiger partial charge in [0.25, 0.3) is 5.91 Å². The molecule has 3 rings (SSSR count). The summed E-state index contributed by atoms with van der Waals surface area (Å²) in [6.45, 7) is 10.2. The lowest BCUT2D eigenvalue weighted by atomic mass is 9.85. The summed E-state index contributed by atoms with van der Waals surface area (Å²) in [6, 6.07) is 3.47. The van der Waals surface area contributed by atoms with Gasteiger partial charge in [0.2, 0.25) is 10.0 Å². The molecule has 0 radical (unpaired) electrons. The van der Waals surface area contributed by atoms with Crippen LogP contribution in [0, 0.1) is 11.3 Å². The summed E-state index contributed by atoms with van der Waals surface area (Å²) < 4.78 is 42.2. The Labute approximate surface area is 194 Å². The van der Waals surface area contributed by atoms with Gasteiger partial charge in [0.15, 0.2) is 5.84 Å². The lowest BCUT2D eigenvalue weighted by molar-refractivity contribution is -0.128. The number of aliphatic hydroxyl groups is 1. The molecule has 2 heterocycles. The van der Waals surface area contributed by atoms with Gasteiger partial charge in [-0.25, -0.2) is 8.42 Å². The summed E-state index contributed by atoms with van der Waals surface area (Å²) in [6.07, 6.45) is 1.70. The Hall–Kier alpha value is -2.36. The fourth-order valence-corrected chi connectivity index (χ4v) is 5.83. The molecule has 4 N–H and O–H groups in total. The highest BCUT2D eigenvalue weighted by atomic mass is 32.2. The highest BCUT2D eigenvalue weighted by molar-refractivity contribution is 7.92. The molecular formula is C21H31N4O6PS. The van der Waals surface area contributed by atoms with E-state index in [0.29, 0.717) is 12.5 Å². The zero-order valence-electron chi connectivity index (χ0n) is 19.6. The van der Waals surface area contributed by atoms with E-state index in [4.69, 9.17) is 0 Å². The Morgan fingerprint density at radius 3 is 2.48 bits per heavy atom. The molecule has 0 bridgehead atoms. The van der Waals surface area contributed by atoms with Crippen molar-refractivity contribution in [3.8, 4) is 0 Å². The van der Waals surface area contributed by atoms with E-state index in [0.717, 1.165) is 12.7 Å². The summed E-state index contributed by atoms with van der Waals surface area (Å²) in [7, 11) is -7.95. The van der Waals surface area contributed by atoms with Crippen LogP contribution in [0.1, 0.15) is 41.0 Å². The van der Waals surface area contributed by atoms with E-state index < -0.39 is 34.9 Å². The van der Waals surface area contributed by atoms with E-state index in [2.05, 4.69) is 14.8 Å². The predicted molar refractivity (Wildman–Crippen MR) is 129 cm³/mol. The van der Waals surface area contributed by atoms with Crippen molar-refractivity contribution in [3.05, 3.63) is 29.5 Å². The number of nitrogens with zero attached hydrogens (tertiary/aromatic N) is 2. The Kier molecular flexibility index (Phi) is 6.47. The molecule has 2 atom stereocenters. The van der Waals surface area contributed by atoms with Gasteiger partial charge < -0.3 is 20.2 Å². The fraction of sp³-hybridized carbons (Fsp3) is 0.524. The molecule has 12 heteroatoms. The predicted octanol–water partition coefficient (Wildman–Crippen LogP) is 2.81. The monoisotopic (exact) mass is 498 g/mol. The van der Waals surface area contributed by atoms with Gasteiger partial charge in [-0.1, -0.05) is 34.6 Å². The first kappa shape index (κ1) is 25.3. The third-order valence-corrected chi connectivity index (χ3v) is 7.48. The number of amidine groups is 1. The minimum Gasteiger partial charge on any atom is -0.509 e. The second kappa shape index (κ2) is 8.45. The Morgan fingerprint density at radius 2 is 1.94 bits per heavy atom. The summed E-state index contributed by atoms with van der Waals surface area (Å²) in [5.74, 6) is -0.491. The molecule has 182 valence electrons. The van der Waals surface area contributed by atoms with Crippen LogP contribution in [-0.2, 0) is 19.4 Å². The molecule has 1 amide bonds. The number of amides is 1. The maximum atomic E-state index is 13.4. The van der Waals surface area contributed by atoms with Crippen LogP contribution in [0.5, 0.6) is 0 Å². The fourth-order valence-electron chi connectivity index (χ4n) is 3.99. The first-order valence-electron chi connectivity index (χ1n) is 10.6. The van der Waals surface area contributed by atoms with E-state index >= 15 is 0 Å². The zero-order chi connectivity index (χ0) is 24.9. The van der Waals surface area contributed by atoms with E-state index in [9.17, 15) is 27.8 Å². The highest BCUT2D eigenvalue weighted by Crippen LogP contribution is 2.48. The molecule has 0 saturated heterocycles. The summed E-state index contributed by atoms with van der Waals surface area (Å²) in [5.41, 5.74) is -0.304. The first-order valence-corrected chi connectivity index (χ1v) is 14.1. The van der Waals surface area contributed by atoms with E-state index in [-0.39, 0.29) is 33.8 Å². The van der Waals surface area contributed by atoms with Crippen LogP contribution in [0.3, 0.4) is 0 Å². The number of benzene rings is 1. The molecule has 33 heavy (non-hydrogen) atoms. The van der Waals surface area contributed by atoms with E-state index in [1.54, 1.807) is 4.90 Å². The number of anilines is 2. The van der Waals surface area contributed by atoms with Gasteiger partial charge in [0.05, 0.1) is 23.3 Å². The molecule has 2 aliphatic rings. The van der Waals surface area contributed by atoms with Crippen molar-refractivity contribution in [3.63, 3.8) is 0 Å². The average molecular weight is 499 g/mol. The zero-order valence-corrected chi connectivity index (χ0v) is 21.3. The van der Waals surface area contributed by atoms with E-state index in [1.807, 2.05) is 34.6 Å². The molecule has 0 saturated carbocycles. The first-order chi connectivity index (χ1) is 15.0. The highest BCUT2D eigenvalue weighted by Gasteiger charge is 2.48. The smallest absolute Gasteiger partial charge is 0.346 e. The number of carbonyl (C=O) groups is 1. The molecule has 1 aromatic rings. The summed E-state index contributed by atoms with van der Waals surface area (Å²) >= 11 is 0. The molecular weight excluding hydrogens is 467 g/mol. The van der Waals surface area contributed by atoms with Crippen molar-refractivity contribution in [1.29, 1.82) is 0 Å². The molecule has 2 aliphatic heterocycles. The normalized spacial score (nSPS) is 23.5. The maximum absolute atomic E-state index is 13.4. The lowest BCUT2D eigenvalue weighted by Crippen LogP contribution is -2.44. The van der Waals surface area contributed by atoms with Crippen molar-refractivity contribution in [1.82, 2.24) is 4.90 Å². The number of fused-ring (bicyclic) bond motifs is 1. The third kappa shape index (κ3) is 5.26. The number of sulfonamides is 1. The molecule has 2 unspecified atom stereocenters. The minimum atomic E-state index is -4.37. The number of hydrogen-bond donors (Lipinski definition) is 4. The van der Waals surface area contributed by atoms with Gasteiger partial charge in [-0.3, -0.25) is 14.1 Å². The molecule has 10 nitrogen and oxygen atoms in total. The largest absolute Gasteiger partial charge is 0.509 e. The van der Waals surface area contributed by atoms with Crippen LogP contribution >= 0.6 is 7.52 Å². The van der Waals surface area contributed by atoms with E-state index in [1.165, 1.54) is 18.2 Å². The van der Waals surface area contributed by atoms with Crippen molar-refractivity contribution in [2.75, 3.05) is 22.8 Å². The van der Waals surface area contributed by atoms with Gasteiger partial charge in [-0.2, -0.15) is 4.76 Å².